The van der Waals surface area contributed by atoms with Gasteiger partial charge in [0.05, 0.1) is 22.2 Å². The monoisotopic (exact) mass is 363 g/mol. The molecule has 0 fully saturated rings. The first-order valence-corrected chi connectivity index (χ1v) is 8.60. The summed E-state index contributed by atoms with van der Waals surface area (Å²) < 4.78 is 6.76. The van der Waals surface area contributed by atoms with E-state index in [1.54, 1.807) is 30.3 Å². The van der Waals surface area contributed by atoms with Crippen LogP contribution in [0.1, 0.15) is 18.9 Å². The molecular weight excluding hydrogens is 344 g/mol. The highest BCUT2D eigenvalue weighted by Crippen LogP contribution is 2.18. The fraction of sp³-hybridized carbons (Fsp3) is 0.143. The summed E-state index contributed by atoms with van der Waals surface area (Å²) in [6, 6.07) is 16.2. The Morgan fingerprint density at radius 2 is 1.85 bits per heavy atom. The van der Waals surface area contributed by atoms with Crippen molar-refractivity contribution in [1.82, 2.24) is 9.78 Å². The molecule has 1 N–H and O–H groups in total. The van der Waals surface area contributed by atoms with E-state index in [0.717, 1.165) is 12.1 Å². The van der Waals surface area contributed by atoms with E-state index >= 15 is 0 Å². The lowest BCUT2D eigenvalue weighted by molar-refractivity contribution is -0.307. The largest absolute Gasteiger partial charge is 0.546 e. The van der Waals surface area contributed by atoms with Crippen LogP contribution in [0.5, 0.6) is 5.75 Å². The number of hydrogen-bond donors (Lipinski definition) is 1. The van der Waals surface area contributed by atoms with Gasteiger partial charge < -0.3 is 14.6 Å². The number of benzene rings is 2. The van der Waals surface area contributed by atoms with Crippen molar-refractivity contribution in [3.05, 3.63) is 81.1 Å². The number of carboxylic acids is 1. The van der Waals surface area contributed by atoms with E-state index in [1.807, 2.05) is 43.3 Å². The van der Waals surface area contributed by atoms with Crippen molar-refractivity contribution in [2.24, 2.45) is 0 Å². The van der Waals surface area contributed by atoms with Crippen molar-refractivity contribution in [3.63, 3.8) is 0 Å². The van der Waals surface area contributed by atoms with Crippen LogP contribution in [0.3, 0.4) is 0 Å². The van der Waals surface area contributed by atoms with Crippen LogP contribution in [0.2, 0.25) is 0 Å². The van der Waals surface area contributed by atoms with E-state index in [0.29, 0.717) is 21.9 Å². The predicted molar refractivity (Wildman–Crippen MR) is 101 cm³/mol. The van der Waals surface area contributed by atoms with Crippen LogP contribution < -0.4 is 26.0 Å². The fourth-order valence-corrected chi connectivity index (χ4v) is 2.75. The van der Waals surface area contributed by atoms with E-state index in [2.05, 4.69) is 5.10 Å². The van der Waals surface area contributed by atoms with Gasteiger partial charge in [0.2, 0.25) is 0 Å². The van der Waals surface area contributed by atoms with Crippen molar-refractivity contribution < 1.29 is 14.6 Å². The maximum atomic E-state index is 13.0. The third kappa shape index (κ3) is 4.17. The zero-order valence-corrected chi connectivity index (χ0v) is 14.8. The Hall–Kier alpha value is -3.54. The number of aromatic nitrogens is 2. The lowest BCUT2D eigenvalue weighted by atomic mass is 10.1. The molecule has 0 bridgehead atoms. The average Bonchev–Trinajstić information content (AvgIpc) is 2.98. The number of aliphatic carboxylic acids is 1. The summed E-state index contributed by atoms with van der Waals surface area (Å²) in [6.45, 7) is 1.43. The third-order valence-electron chi connectivity index (χ3n) is 3.94. The van der Waals surface area contributed by atoms with E-state index < -0.39 is 12.6 Å². The smallest absolute Gasteiger partial charge is 0.279 e. The number of H-pyrrole nitrogens is 1. The van der Waals surface area contributed by atoms with Crippen molar-refractivity contribution >= 4 is 18.1 Å². The molecule has 3 aromatic rings. The molecule has 6 heteroatoms. The summed E-state index contributed by atoms with van der Waals surface area (Å²) >= 11 is 0. The number of carbonyl (C=O) groups excluding carboxylic acids is 1. The number of rotatable bonds is 6. The fourth-order valence-electron chi connectivity index (χ4n) is 2.75. The summed E-state index contributed by atoms with van der Waals surface area (Å²) in [4.78, 5) is 23.7. The molecular formula is C21H19N2O4-. The second-order valence-corrected chi connectivity index (χ2v) is 5.87. The Kier molecular flexibility index (Phi) is 5.56. The second-order valence-electron chi connectivity index (χ2n) is 5.87. The highest BCUT2D eigenvalue weighted by Gasteiger charge is 2.07. The Morgan fingerprint density at radius 1 is 1.15 bits per heavy atom. The minimum atomic E-state index is -1.31. The highest BCUT2D eigenvalue weighted by molar-refractivity contribution is 5.66. The predicted octanol–water partition coefficient (Wildman–Crippen LogP) is 0.314. The van der Waals surface area contributed by atoms with Crippen LogP contribution in [0.15, 0.2) is 59.4 Å². The molecule has 0 saturated carbocycles. The molecule has 0 saturated heterocycles. The molecule has 2 aromatic carbocycles. The van der Waals surface area contributed by atoms with Gasteiger partial charge >= 0.3 is 0 Å². The maximum Gasteiger partial charge on any atom is 0.279 e. The number of carboxylic acid groups (broad SMARTS) is 1. The van der Waals surface area contributed by atoms with Gasteiger partial charge in [-0.2, -0.15) is 0 Å². The molecule has 6 nitrogen and oxygen atoms in total. The number of para-hydroxylation sites is 2. The first kappa shape index (κ1) is 18.3. The molecule has 0 atom stereocenters. The van der Waals surface area contributed by atoms with Gasteiger partial charge in [-0.1, -0.05) is 49.4 Å². The summed E-state index contributed by atoms with van der Waals surface area (Å²) in [7, 11) is 0. The lowest BCUT2D eigenvalue weighted by Crippen LogP contribution is -2.34. The molecule has 138 valence electrons. The van der Waals surface area contributed by atoms with Gasteiger partial charge in [0.25, 0.3) is 5.56 Å². The van der Waals surface area contributed by atoms with Gasteiger partial charge in [-0.15, -0.1) is 0 Å². The van der Waals surface area contributed by atoms with Gasteiger partial charge in [-0.25, -0.2) is 4.68 Å². The summed E-state index contributed by atoms with van der Waals surface area (Å²) in [5, 5.41) is 15.0. The van der Waals surface area contributed by atoms with E-state index in [9.17, 15) is 14.7 Å². The van der Waals surface area contributed by atoms with E-state index in [1.165, 1.54) is 4.68 Å². The van der Waals surface area contributed by atoms with E-state index in [4.69, 9.17) is 4.74 Å². The van der Waals surface area contributed by atoms with Crippen LogP contribution >= 0.6 is 0 Å². The highest BCUT2D eigenvalue weighted by atomic mass is 16.5. The Balaban J connectivity index is 2.18. The zero-order valence-electron chi connectivity index (χ0n) is 14.8. The van der Waals surface area contributed by atoms with Gasteiger partial charge in [0.1, 0.15) is 12.4 Å². The number of carbonyl (C=O) groups is 1. The van der Waals surface area contributed by atoms with Gasteiger partial charge in [0.15, 0.2) is 0 Å². The van der Waals surface area contributed by atoms with Crippen molar-refractivity contribution in [3.8, 4) is 11.4 Å². The minimum Gasteiger partial charge on any atom is -0.546 e. The SMILES string of the molecule is CC/C=c1/[nH]n(-c2ccccc2)c(=O)/c1=C\c1ccccc1OCC(=O)[O-]. The molecule has 0 unspecified atom stereocenters. The van der Waals surface area contributed by atoms with E-state index in [-0.39, 0.29) is 5.56 Å². The molecule has 27 heavy (non-hydrogen) atoms. The lowest BCUT2D eigenvalue weighted by Gasteiger charge is -2.09. The molecule has 3 rings (SSSR count). The normalized spacial score (nSPS) is 12.3. The average molecular weight is 363 g/mol. The summed E-state index contributed by atoms with van der Waals surface area (Å²) in [6.07, 6.45) is 4.38. The second kappa shape index (κ2) is 8.23. The van der Waals surface area contributed by atoms with Crippen LogP contribution in [0, 0.1) is 0 Å². The molecule has 0 aliphatic heterocycles. The minimum absolute atomic E-state index is 0.199. The first-order chi connectivity index (χ1) is 13.1. The van der Waals surface area contributed by atoms with Crippen LogP contribution in [0.4, 0.5) is 0 Å². The molecule has 0 spiro atoms. The van der Waals surface area contributed by atoms with Crippen molar-refractivity contribution in [1.29, 1.82) is 0 Å². The van der Waals surface area contributed by atoms with Crippen LogP contribution in [0.25, 0.3) is 17.8 Å². The summed E-state index contributed by atoms with van der Waals surface area (Å²) in [5.41, 5.74) is 1.14. The Bertz CT molecular complexity index is 1110. The number of ether oxygens (including phenoxy) is 1. The molecule has 1 aromatic heterocycles. The quantitative estimate of drug-likeness (QED) is 0.683. The summed E-state index contributed by atoms with van der Waals surface area (Å²) in [5.74, 6) is -0.936. The van der Waals surface area contributed by atoms with Gasteiger partial charge in [-0.05, 0) is 30.7 Å². The van der Waals surface area contributed by atoms with Crippen molar-refractivity contribution in [2.75, 3.05) is 6.61 Å². The number of aromatic amines is 1. The van der Waals surface area contributed by atoms with Crippen LogP contribution in [-0.4, -0.2) is 22.4 Å². The van der Waals surface area contributed by atoms with Gasteiger partial charge in [0, 0.05) is 5.56 Å². The van der Waals surface area contributed by atoms with Crippen LogP contribution in [-0.2, 0) is 4.79 Å². The molecule has 0 amide bonds. The maximum absolute atomic E-state index is 13.0. The Morgan fingerprint density at radius 3 is 2.56 bits per heavy atom. The van der Waals surface area contributed by atoms with Gasteiger partial charge in [-0.3, -0.25) is 9.89 Å². The molecule has 1 heterocycles. The number of hydrogen-bond acceptors (Lipinski definition) is 4. The molecule has 0 aliphatic rings. The Labute approximate surface area is 155 Å². The zero-order chi connectivity index (χ0) is 19.2. The first-order valence-electron chi connectivity index (χ1n) is 8.60. The number of nitrogens with zero attached hydrogens (tertiary/aromatic N) is 1. The standard InChI is InChI=1S/C21H20N2O4/c1-2-8-18-17(21(26)23(22-18)16-10-4-3-5-11-16)13-15-9-6-7-12-19(15)27-14-20(24)25/h3-13,22H,2,14H2,1H3,(H,24,25)/p-1/b17-13-,18-8+. The molecule has 0 aliphatic carbocycles. The topological polar surface area (TPSA) is 87.2 Å². The molecule has 0 radical (unpaired) electrons. The number of nitrogens with one attached hydrogen (secondary N) is 1. The van der Waals surface area contributed by atoms with Crippen molar-refractivity contribution in [2.45, 2.75) is 13.3 Å². The third-order valence-corrected chi connectivity index (χ3v) is 3.94.